The first kappa shape index (κ1) is 20.2. The van der Waals surface area contributed by atoms with Gasteiger partial charge in [0.05, 0.1) is 24.3 Å². The zero-order valence-corrected chi connectivity index (χ0v) is 16.2. The Morgan fingerprint density at radius 1 is 1.04 bits per heavy atom. The summed E-state index contributed by atoms with van der Waals surface area (Å²) >= 11 is 3.43. The lowest BCUT2D eigenvalue weighted by Crippen LogP contribution is -2.13. The molecular formula is C19H22BrNO5. The van der Waals surface area contributed by atoms with Crippen molar-refractivity contribution in [2.45, 2.75) is 6.61 Å². The van der Waals surface area contributed by atoms with E-state index >= 15 is 0 Å². The van der Waals surface area contributed by atoms with Gasteiger partial charge in [0.1, 0.15) is 19.0 Å². The Hall–Kier alpha value is -2.09. The number of amides is 1. The molecule has 0 aromatic heterocycles. The zero-order valence-electron chi connectivity index (χ0n) is 14.6. The lowest BCUT2D eigenvalue weighted by molar-refractivity contribution is 0.0543. The molecule has 1 amide bonds. The van der Waals surface area contributed by atoms with Crippen molar-refractivity contribution >= 4 is 27.7 Å². The molecule has 1 N–H and O–H groups in total. The summed E-state index contributed by atoms with van der Waals surface area (Å²) in [6.07, 6.45) is -0.513. The van der Waals surface area contributed by atoms with Crippen LogP contribution in [0.4, 0.5) is 10.5 Å². The number of halogens is 1. The van der Waals surface area contributed by atoms with E-state index in [-0.39, 0.29) is 6.61 Å². The summed E-state index contributed by atoms with van der Waals surface area (Å²) in [5.74, 6) is 0.670. The third-order valence-corrected chi connectivity index (χ3v) is 3.93. The Balaban J connectivity index is 1.74. The van der Waals surface area contributed by atoms with Gasteiger partial charge in [-0.1, -0.05) is 30.3 Å². The van der Waals surface area contributed by atoms with Crippen LogP contribution < -0.4 is 10.1 Å². The minimum atomic E-state index is -0.513. The average Bonchev–Trinajstić information content (AvgIpc) is 2.65. The van der Waals surface area contributed by atoms with Crippen molar-refractivity contribution < 1.29 is 23.7 Å². The molecule has 0 fully saturated rings. The SMILES string of the molecule is COCCOCCOc1ccc(NC(=O)OCc2ccccc2)cc1Br. The van der Waals surface area contributed by atoms with Gasteiger partial charge in [-0.15, -0.1) is 0 Å². The van der Waals surface area contributed by atoms with Gasteiger partial charge in [0.15, 0.2) is 0 Å². The smallest absolute Gasteiger partial charge is 0.411 e. The highest BCUT2D eigenvalue weighted by molar-refractivity contribution is 9.10. The maximum absolute atomic E-state index is 11.9. The molecule has 140 valence electrons. The van der Waals surface area contributed by atoms with Gasteiger partial charge in [-0.2, -0.15) is 0 Å². The van der Waals surface area contributed by atoms with Gasteiger partial charge in [0.25, 0.3) is 0 Å². The second-order valence-electron chi connectivity index (χ2n) is 5.29. The van der Waals surface area contributed by atoms with Crippen molar-refractivity contribution in [3.8, 4) is 5.75 Å². The molecule has 0 saturated heterocycles. The van der Waals surface area contributed by atoms with Gasteiger partial charge in [0, 0.05) is 12.8 Å². The van der Waals surface area contributed by atoms with Crippen LogP contribution >= 0.6 is 15.9 Å². The van der Waals surface area contributed by atoms with E-state index in [1.165, 1.54) is 0 Å². The number of hydrogen-bond acceptors (Lipinski definition) is 5. The quantitative estimate of drug-likeness (QED) is 0.578. The summed E-state index contributed by atoms with van der Waals surface area (Å²) < 4.78 is 21.8. The fourth-order valence-electron chi connectivity index (χ4n) is 2.03. The molecule has 0 radical (unpaired) electrons. The molecule has 7 heteroatoms. The minimum Gasteiger partial charge on any atom is -0.490 e. The normalized spacial score (nSPS) is 10.4. The van der Waals surface area contributed by atoms with Crippen molar-refractivity contribution in [2.24, 2.45) is 0 Å². The average molecular weight is 424 g/mol. The fraction of sp³-hybridized carbons (Fsp3) is 0.316. The molecule has 0 bridgehead atoms. The number of ether oxygens (including phenoxy) is 4. The molecule has 2 aromatic carbocycles. The maximum Gasteiger partial charge on any atom is 0.411 e. The van der Waals surface area contributed by atoms with E-state index in [4.69, 9.17) is 18.9 Å². The Kier molecular flexibility index (Phi) is 8.95. The van der Waals surface area contributed by atoms with Crippen LogP contribution in [0.25, 0.3) is 0 Å². The van der Waals surface area contributed by atoms with Gasteiger partial charge in [-0.05, 0) is 39.7 Å². The summed E-state index contributed by atoms with van der Waals surface area (Å²) in [5.41, 5.74) is 1.54. The van der Waals surface area contributed by atoms with Crippen LogP contribution in [0.1, 0.15) is 5.56 Å². The molecule has 2 rings (SSSR count). The molecule has 6 nitrogen and oxygen atoms in total. The highest BCUT2D eigenvalue weighted by atomic mass is 79.9. The van der Waals surface area contributed by atoms with E-state index in [1.807, 2.05) is 30.3 Å². The second kappa shape index (κ2) is 11.5. The number of methoxy groups -OCH3 is 1. The van der Waals surface area contributed by atoms with Gasteiger partial charge in [-0.3, -0.25) is 5.32 Å². The molecular weight excluding hydrogens is 402 g/mol. The van der Waals surface area contributed by atoms with Gasteiger partial charge in [-0.25, -0.2) is 4.79 Å². The van der Waals surface area contributed by atoms with E-state index in [1.54, 1.807) is 25.3 Å². The fourth-order valence-corrected chi connectivity index (χ4v) is 2.52. The Bertz CT molecular complexity index is 681. The molecule has 2 aromatic rings. The summed E-state index contributed by atoms with van der Waals surface area (Å²) in [6, 6.07) is 14.8. The number of nitrogens with one attached hydrogen (secondary N) is 1. The Morgan fingerprint density at radius 3 is 2.54 bits per heavy atom. The monoisotopic (exact) mass is 423 g/mol. The largest absolute Gasteiger partial charge is 0.490 e. The first-order valence-electron chi connectivity index (χ1n) is 8.16. The molecule has 0 aliphatic rings. The molecule has 0 atom stereocenters. The van der Waals surface area contributed by atoms with Crippen molar-refractivity contribution in [3.63, 3.8) is 0 Å². The Labute approximate surface area is 161 Å². The predicted molar refractivity (Wildman–Crippen MR) is 103 cm³/mol. The van der Waals surface area contributed by atoms with Gasteiger partial charge < -0.3 is 18.9 Å². The van der Waals surface area contributed by atoms with E-state index in [0.29, 0.717) is 37.9 Å². The van der Waals surface area contributed by atoms with Crippen molar-refractivity contribution in [3.05, 3.63) is 58.6 Å². The molecule has 0 aliphatic carbocycles. The molecule has 0 unspecified atom stereocenters. The highest BCUT2D eigenvalue weighted by Gasteiger charge is 2.07. The van der Waals surface area contributed by atoms with Crippen LogP contribution in [0.15, 0.2) is 53.0 Å². The van der Waals surface area contributed by atoms with E-state index < -0.39 is 6.09 Å². The first-order chi connectivity index (χ1) is 12.7. The molecule has 0 heterocycles. The third kappa shape index (κ3) is 7.43. The van der Waals surface area contributed by atoms with Crippen LogP contribution in [0.3, 0.4) is 0 Å². The van der Waals surface area contributed by atoms with Gasteiger partial charge >= 0.3 is 6.09 Å². The number of carbonyl (C=O) groups excluding carboxylic acids is 1. The van der Waals surface area contributed by atoms with Crippen LogP contribution in [-0.4, -0.2) is 39.6 Å². The zero-order chi connectivity index (χ0) is 18.6. The Morgan fingerprint density at radius 2 is 1.81 bits per heavy atom. The van der Waals surface area contributed by atoms with Crippen LogP contribution in [-0.2, 0) is 20.8 Å². The first-order valence-corrected chi connectivity index (χ1v) is 8.95. The predicted octanol–water partition coefficient (Wildman–Crippen LogP) is 4.24. The van der Waals surface area contributed by atoms with E-state index in [2.05, 4.69) is 21.2 Å². The molecule has 0 saturated carbocycles. The van der Waals surface area contributed by atoms with Crippen molar-refractivity contribution in [2.75, 3.05) is 38.9 Å². The highest BCUT2D eigenvalue weighted by Crippen LogP contribution is 2.28. The van der Waals surface area contributed by atoms with Crippen LogP contribution in [0, 0.1) is 0 Å². The number of anilines is 1. The molecule has 0 aliphatic heterocycles. The molecule has 0 spiro atoms. The van der Waals surface area contributed by atoms with Crippen LogP contribution in [0.5, 0.6) is 5.75 Å². The number of rotatable bonds is 10. The summed E-state index contributed by atoms with van der Waals surface area (Å²) in [4.78, 5) is 11.9. The van der Waals surface area contributed by atoms with E-state index in [0.717, 1.165) is 10.0 Å². The third-order valence-electron chi connectivity index (χ3n) is 3.31. The lowest BCUT2D eigenvalue weighted by Gasteiger charge is -2.11. The minimum absolute atomic E-state index is 0.220. The maximum atomic E-state index is 11.9. The van der Waals surface area contributed by atoms with Gasteiger partial charge in [0.2, 0.25) is 0 Å². The topological polar surface area (TPSA) is 66.0 Å². The summed E-state index contributed by atoms with van der Waals surface area (Å²) in [7, 11) is 1.63. The number of benzene rings is 2. The standard InChI is InChI=1S/C19H22BrNO5/c1-23-9-10-24-11-12-25-18-8-7-16(13-17(18)20)21-19(22)26-14-15-5-3-2-4-6-15/h2-8,13H,9-12,14H2,1H3,(H,21,22). The lowest BCUT2D eigenvalue weighted by atomic mass is 10.2. The summed E-state index contributed by atoms with van der Waals surface area (Å²) in [6.45, 7) is 2.22. The number of carbonyl (C=O) groups is 1. The van der Waals surface area contributed by atoms with Crippen LogP contribution in [0.2, 0.25) is 0 Å². The summed E-state index contributed by atoms with van der Waals surface area (Å²) in [5, 5.41) is 2.69. The number of hydrogen-bond donors (Lipinski definition) is 1. The second-order valence-corrected chi connectivity index (χ2v) is 6.14. The van der Waals surface area contributed by atoms with Crippen molar-refractivity contribution in [1.29, 1.82) is 0 Å². The van der Waals surface area contributed by atoms with Crippen molar-refractivity contribution in [1.82, 2.24) is 0 Å². The molecule has 26 heavy (non-hydrogen) atoms. The van der Waals surface area contributed by atoms with E-state index in [9.17, 15) is 4.79 Å².